The molecule has 1 amide bonds. The first-order valence-corrected chi connectivity index (χ1v) is 6.03. The van der Waals surface area contributed by atoms with Crippen molar-refractivity contribution >= 4 is 5.91 Å². The molecule has 0 aromatic rings. The zero-order chi connectivity index (χ0) is 12.3. The molecule has 1 saturated heterocycles. The van der Waals surface area contributed by atoms with Crippen LogP contribution >= 0.6 is 0 Å². The molecule has 1 heterocycles. The Morgan fingerprint density at radius 1 is 1.50 bits per heavy atom. The van der Waals surface area contributed by atoms with Crippen molar-refractivity contribution in [1.29, 1.82) is 0 Å². The van der Waals surface area contributed by atoms with Gasteiger partial charge in [0.05, 0.1) is 0 Å². The molecule has 1 atom stereocenters. The van der Waals surface area contributed by atoms with E-state index in [4.69, 9.17) is 5.73 Å². The normalized spacial score (nSPS) is 22.6. The largest absolute Gasteiger partial charge is 0.341 e. The number of piperidine rings is 1. The predicted molar refractivity (Wildman–Crippen MR) is 66.2 cm³/mol. The number of carbonyl (C=O) groups excluding carboxylic acids is 1. The van der Waals surface area contributed by atoms with Gasteiger partial charge in [0.25, 0.3) is 0 Å². The number of nitrogens with two attached hydrogens (primary N) is 1. The van der Waals surface area contributed by atoms with E-state index < -0.39 is 5.54 Å². The average Bonchev–Trinajstić information content (AvgIpc) is 2.15. The summed E-state index contributed by atoms with van der Waals surface area (Å²) in [6.45, 7) is 5.54. The van der Waals surface area contributed by atoms with Crippen LogP contribution in [0.2, 0.25) is 0 Å². The van der Waals surface area contributed by atoms with Gasteiger partial charge >= 0.3 is 0 Å². The van der Waals surface area contributed by atoms with Crippen molar-refractivity contribution in [1.82, 2.24) is 9.80 Å². The second-order valence-corrected chi connectivity index (χ2v) is 5.76. The maximum atomic E-state index is 12.0. The van der Waals surface area contributed by atoms with Crippen LogP contribution in [0.3, 0.4) is 0 Å². The van der Waals surface area contributed by atoms with E-state index in [9.17, 15) is 4.79 Å². The van der Waals surface area contributed by atoms with Gasteiger partial charge in [-0.25, -0.2) is 0 Å². The zero-order valence-electron chi connectivity index (χ0n) is 11.0. The lowest BCUT2D eigenvalue weighted by Crippen LogP contribution is -2.49. The summed E-state index contributed by atoms with van der Waals surface area (Å²) < 4.78 is 0. The lowest BCUT2D eigenvalue weighted by molar-refractivity contribution is -0.134. The topological polar surface area (TPSA) is 49.6 Å². The third-order valence-corrected chi connectivity index (χ3v) is 3.09. The van der Waals surface area contributed by atoms with Crippen molar-refractivity contribution in [2.75, 3.05) is 27.2 Å². The third kappa shape index (κ3) is 4.10. The summed E-state index contributed by atoms with van der Waals surface area (Å²) in [6, 6.07) is 0.499. The first-order chi connectivity index (χ1) is 7.29. The van der Waals surface area contributed by atoms with Crippen LogP contribution in [0, 0.1) is 0 Å². The Hall–Kier alpha value is -0.610. The van der Waals surface area contributed by atoms with Crippen LogP contribution in [-0.2, 0) is 4.79 Å². The summed E-state index contributed by atoms with van der Waals surface area (Å²) >= 11 is 0. The van der Waals surface area contributed by atoms with Gasteiger partial charge in [-0.2, -0.15) is 0 Å². The van der Waals surface area contributed by atoms with Crippen LogP contribution in [0.5, 0.6) is 0 Å². The zero-order valence-corrected chi connectivity index (χ0v) is 11.0. The molecule has 0 bridgehead atoms. The van der Waals surface area contributed by atoms with Gasteiger partial charge in [0.15, 0.2) is 0 Å². The maximum absolute atomic E-state index is 12.0. The summed E-state index contributed by atoms with van der Waals surface area (Å²) in [6.07, 6.45) is 2.72. The molecular formula is C12H25N3O. The van der Waals surface area contributed by atoms with Crippen LogP contribution in [-0.4, -0.2) is 54.5 Å². The number of hydrogen-bond acceptors (Lipinski definition) is 3. The van der Waals surface area contributed by atoms with E-state index in [0.29, 0.717) is 12.5 Å². The minimum Gasteiger partial charge on any atom is -0.341 e. The maximum Gasteiger partial charge on any atom is 0.224 e. The van der Waals surface area contributed by atoms with Crippen molar-refractivity contribution in [2.24, 2.45) is 5.73 Å². The Morgan fingerprint density at radius 2 is 2.12 bits per heavy atom. The predicted octanol–water partition coefficient (Wildman–Crippen LogP) is 0.666. The van der Waals surface area contributed by atoms with E-state index in [-0.39, 0.29) is 5.91 Å². The van der Waals surface area contributed by atoms with Crippen molar-refractivity contribution in [3.05, 3.63) is 0 Å². The van der Waals surface area contributed by atoms with Crippen molar-refractivity contribution in [3.8, 4) is 0 Å². The van der Waals surface area contributed by atoms with Crippen LogP contribution < -0.4 is 5.73 Å². The van der Waals surface area contributed by atoms with E-state index in [0.717, 1.165) is 19.5 Å². The molecule has 2 N–H and O–H groups in total. The highest BCUT2D eigenvalue weighted by molar-refractivity contribution is 5.77. The Bertz CT molecular complexity index is 245. The van der Waals surface area contributed by atoms with Crippen LogP contribution in [0.4, 0.5) is 0 Å². The highest BCUT2D eigenvalue weighted by Gasteiger charge is 2.27. The summed E-state index contributed by atoms with van der Waals surface area (Å²) in [4.78, 5) is 16.2. The van der Waals surface area contributed by atoms with Crippen LogP contribution in [0.25, 0.3) is 0 Å². The molecule has 0 aliphatic carbocycles. The summed E-state index contributed by atoms with van der Waals surface area (Å²) in [5, 5.41) is 0. The minimum absolute atomic E-state index is 0.194. The molecule has 0 spiro atoms. The van der Waals surface area contributed by atoms with E-state index in [1.165, 1.54) is 6.42 Å². The summed E-state index contributed by atoms with van der Waals surface area (Å²) in [5.41, 5.74) is 5.48. The summed E-state index contributed by atoms with van der Waals surface area (Å²) in [5.74, 6) is 0.194. The fourth-order valence-electron chi connectivity index (χ4n) is 2.10. The van der Waals surface area contributed by atoms with Gasteiger partial charge in [0.1, 0.15) is 0 Å². The second-order valence-electron chi connectivity index (χ2n) is 5.76. The number of hydrogen-bond donors (Lipinski definition) is 1. The van der Waals surface area contributed by atoms with E-state index in [1.54, 1.807) is 0 Å². The van der Waals surface area contributed by atoms with Gasteiger partial charge in [0.2, 0.25) is 5.91 Å². The van der Waals surface area contributed by atoms with E-state index >= 15 is 0 Å². The molecule has 1 aliphatic rings. The Labute approximate surface area is 98.8 Å². The molecule has 0 aromatic heterocycles. The smallest absolute Gasteiger partial charge is 0.224 e. The van der Waals surface area contributed by atoms with Crippen molar-refractivity contribution in [2.45, 2.75) is 44.7 Å². The number of amides is 1. The highest BCUT2D eigenvalue weighted by atomic mass is 16.2. The molecular weight excluding hydrogens is 202 g/mol. The summed E-state index contributed by atoms with van der Waals surface area (Å²) in [7, 11) is 4.15. The molecule has 0 aromatic carbocycles. The van der Waals surface area contributed by atoms with Gasteiger partial charge < -0.3 is 15.5 Å². The quantitative estimate of drug-likeness (QED) is 0.771. The Balaban J connectivity index is 2.50. The van der Waals surface area contributed by atoms with E-state index in [2.05, 4.69) is 19.0 Å². The van der Waals surface area contributed by atoms with E-state index in [1.807, 2.05) is 18.7 Å². The number of carbonyl (C=O) groups is 1. The molecule has 0 saturated carbocycles. The number of likely N-dealkylation sites (tertiary alicyclic amines) is 1. The first kappa shape index (κ1) is 13.5. The number of likely N-dealkylation sites (N-methyl/N-ethyl adjacent to an activating group) is 1. The first-order valence-electron chi connectivity index (χ1n) is 6.03. The minimum atomic E-state index is -0.401. The van der Waals surface area contributed by atoms with Crippen LogP contribution in [0.1, 0.15) is 33.1 Å². The molecule has 1 rings (SSSR count). The van der Waals surface area contributed by atoms with Gasteiger partial charge in [-0.15, -0.1) is 0 Å². The average molecular weight is 227 g/mol. The molecule has 94 valence electrons. The molecule has 1 aliphatic heterocycles. The molecule has 1 unspecified atom stereocenters. The number of rotatable bonds is 3. The van der Waals surface area contributed by atoms with Crippen LogP contribution in [0.15, 0.2) is 0 Å². The standard InChI is InChI=1S/C12H25N3O/c1-12(2,13)8-11(16)15-7-5-6-10(9-15)14(3)4/h10H,5-9,13H2,1-4H3. The molecule has 1 fully saturated rings. The molecule has 16 heavy (non-hydrogen) atoms. The van der Waals surface area contributed by atoms with Gasteiger partial charge in [-0.05, 0) is 40.8 Å². The SMILES string of the molecule is CN(C)C1CCCN(C(=O)CC(C)(C)N)C1. The molecule has 0 radical (unpaired) electrons. The monoisotopic (exact) mass is 227 g/mol. The van der Waals surface area contributed by atoms with Gasteiger partial charge in [-0.3, -0.25) is 4.79 Å². The van der Waals surface area contributed by atoms with Gasteiger partial charge in [-0.1, -0.05) is 0 Å². The lowest BCUT2D eigenvalue weighted by atomic mass is 9.99. The molecule has 4 nitrogen and oxygen atoms in total. The number of nitrogens with zero attached hydrogens (tertiary/aromatic N) is 2. The van der Waals surface area contributed by atoms with Crippen molar-refractivity contribution in [3.63, 3.8) is 0 Å². The van der Waals surface area contributed by atoms with Crippen molar-refractivity contribution < 1.29 is 4.79 Å². The lowest BCUT2D eigenvalue weighted by Gasteiger charge is -2.37. The highest BCUT2D eigenvalue weighted by Crippen LogP contribution is 2.16. The Kier molecular flexibility index (Phi) is 4.33. The third-order valence-electron chi connectivity index (χ3n) is 3.09. The Morgan fingerprint density at radius 3 is 2.62 bits per heavy atom. The fourth-order valence-corrected chi connectivity index (χ4v) is 2.10. The van der Waals surface area contributed by atoms with Gasteiger partial charge in [0, 0.05) is 31.1 Å². The fraction of sp³-hybridized carbons (Fsp3) is 0.917. The molecule has 4 heteroatoms. The second kappa shape index (κ2) is 5.15.